The molecular formula is C13H10BrN3O2. The molecule has 2 aromatic rings. The van der Waals surface area contributed by atoms with Crippen LogP contribution in [-0.4, -0.2) is 22.4 Å². The van der Waals surface area contributed by atoms with Crippen LogP contribution < -0.4 is 4.74 Å². The number of ether oxygens (including phenoxy) is 1. The molecule has 0 saturated heterocycles. The SMILES string of the molecule is COc1ccc(C(=O)Cn2ccnc2C#N)cc1Br. The van der Waals surface area contributed by atoms with Crippen molar-refractivity contribution in [2.75, 3.05) is 7.11 Å². The van der Waals surface area contributed by atoms with Crippen molar-refractivity contribution in [1.29, 1.82) is 5.26 Å². The summed E-state index contributed by atoms with van der Waals surface area (Å²) in [6.07, 6.45) is 3.10. The van der Waals surface area contributed by atoms with E-state index in [-0.39, 0.29) is 18.2 Å². The zero-order valence-corrected chi connectivity index (χ0v) is 11.7. The normalized spacial score (nSPS) is 9.95. The summed E-state index contributed by atoms with van der Waals surface area (Å²) in [6, 6.07) is 7.04. The van der Waals surface area contributed by atoms with Crippen LogP contribution in [0.25, 0.3) is 0 Å². The number of carbonyl (C=O) groups is 1. The predicted molar refractivity (Wildman–Crippen MR) is 72.0 cm³/mol. The Bertz CT molecular complexity index is 658. The third-order valence-corrected chi connectivity index (χ3v) is 3.22. The predicted octanol–water partition coefficient (Wildman–Crippen LogP) is 2.41. The van der Waals surface area contributed by atoms with Crippen molar-refractivity contribution in [1.82, 2.24) is 9.55 Å². The van der Waals surface area contributed by atoms with E-state index in [4.69, 9.17) is 10.00 Å². The van der Waals surface area contributed by atoms with Gasteiger partial charge in [0, 0.05) is 18.0 Å². The minimum atomic E-state index is -0.0992. The number of nitrogens with zero attached hydrogens (tertiary/aromatic N) is 3. The van der Waals surface area contributed by atoms with Crippen molar-refractivity contribution in [3.05, 3.63) is 46.5 Å². The van der Waals surface area contributed by atoms with Crippen molar-refractivity contribution in [3.8, 4) is 11.8 Å². The molecule has 0 spiro atoms. The Morgan fingerprint density at radius 2 is 2.37 bits per heavy atom. The topological polar surface area (TPSA) is 67.9 Å². The molecule has 0 amide bonds. The lowest BCUT2D eigenvalue weighted by Crippen LogP contribution is -2.11. The molecule has 19 heavy (non-hydrogen) atoms. The maximum Gasteiger partial charge on any atom is 0.213 e. The molecule has 0 bridgehead atoms. The average molecular weight is 320 g/mol. The fourth-order valence-electron chi connectivity index (χ4n) is 1.64. The highest BCUT2D eigenvalue weighted by molar-refractivity contribution is 9.10. The highest BCUT2D eigenvalue weighted by Gasteiger charge is 2.11. The third-order valence-electron chi connectivity index (χ3n) is 2.60. The van der Waals surface area contributed by atoms with Gasteiger partial charge in [0.05, 0.1) is 18.1 Å². The van der Waals surface area contributed by atoms with E-state index in [0.717, 1.165) is 0 Å². The van der Waals surface area contributed by atoms with Gasteiger partial charge in [0.15, 0.2) is 5.78 Å². The lowest BCUT2D eigenvalue weighted by molar-refractivity contribution is 0.0971. The van der Waals surface area contributed by atoms with Crippen molar-refractivity contribution >= 4 is 21.7 Å². The first-order valence-electron chi connectivity index (χ1n) is 5.43. The minimum Gasteiger partial charge on any atom is -0.496 e. The quantitative estimate of drug-likeness (QED) is 0.811. The zero-order valence-electron chi connectivity index (χ0n) is 10.1. The van der Waals surface area contributed by atoms with E-state index in [1.54, 1.807) is 31.5 Å². The van der Waals surface area contributed by atoms with Gasteiger partial charge in [-0.15, -0.1) is 0 Å². The standard InChI is InChI=1S/C13H10BrN3O2/c1-19-12-3-2-9(6-10(12)14)11(18)8-17-5-4-16-13(17)7-15/h2-6H,8H2,1H3. The summed E-state index contributed by atoms with van der Waals surface area (Å²) in [5.74, 6) is 0.788. The molecule has 0 unspecified atom stereocenters. The first kappa shape index (κ1) is 13.3. The monoisotopic (exact) mass is 319 g/mol. The van der Waals surface area contributed by atoms with Crippen LogP contribution in [0.4, 0.5) is 0 Å². The Hall–Kier alpha value is -2.13. The Morgan fingerprint density at radius 3 is 3.00 bits per heavy atom. The number of aromatic nitrogens is 2. The van der Waals surface area contributed by atoms with Crippen LogP contribution in [0.5, 0.6) is 5.75 Å². The molecule has 0 saturated carbocycles. The lowest BCUT2D eigenvalue weighted by atomic mass is 10.1. The summed E-state index contributed by atoms with van der Waals surface area (Å²) in [7, 11) is 1.56. The van der Waals surface area contributed by atoms with Gasteiger partial charge in [-0.25, -0.2) is 4.98 Å². The number of hydrogen-bond donors (Lipinski definition) is 0. The van der Waals surface area contributed by atoms with E-state index in [1.165, 1.54) is 10.8 Å². The minimum absolute atomic E-state index is 0.0850. The molecule has 0 radical (unpaired) electrons. The van der Waals surface area contributed by atoms with Crippen LogP contribution >= 0.6 is 15.9 Å². The Kier molecular flexibility index (Phi) is 3.97. The van der Waals surface area contributed by atoms with E-state index in [9.17, 15) is 4.79 Å². The van der Waals surface area contributed by atoms with Gasteiger partial charge in [0.25, 0.3) is 0 Å². The van der Waals surface area contributed by atoms with Crippen LogP contribution in [0.3, 0.4) is 0 Å². The highest BCUT2D eigenvalue weighted by Crippen LogP contribution is 2.25. The Morgan fingerprint density at radius 1 is 1.58 bits per heavy atom. The molecule has 1 aromatic carbocycles. The van der Waals surface area contributed by atoms with Gasteiger partial charge < -0.3 is 9.30 Å². The average Bonchev–Trinajstić information content (AvgIpc) is 2.85. The summed E-state index contributed by atoms with van der Waals surface area (Å²) in [4.78, 5) is 16.0. The number of methoxy groups -OCH3 is 1. The molecule has 96 valence electrons. The number of hydrogen-bond acceptors (Lipinski definition) is 4. The molecule has 5 nitrogen and oxygen atoms in total. The number of benzene rings is 1. The number of rotatable bonds is 4. The van der Waals surface area contributed by atoms with Gasteiger partial charge in [0.2, 0.25) is 5.82 Å². The molecule has 1 heterocycles. The number of carbonyl (C=O) groups excluding carboxylic acids is 1. The zero-order chi connectivity index (χ0) is 13.8. The van der Waals surface area contributed by atoms with Crippen LogP contribution in [-0.2, 0) is 6.54 Å². The van der Waals surface area contributed by atoms with Crippen molar-refractivity contribution in [3.63, 3.8) is 0 Å². The van der Waals surface area contributed by atoms with Gasteiger partial charge >= 0.3 is 0 Å². The lowest BCUT2D eigenvalue weighted by Gasteiger charge is -2.06. The molecular weight excluding hydrogens is 310 g/mol. The first-order valence-corrected chi connectivity index (χ1v) is 6.23. The second kappa shape index (κ2) is 5.67. The maximum absolute atomic E-state index is 12.1. The summed E-state index contributed by atoms with van der Waals surface area (Å²) in [5.41, 5.74) is 0.547. The highest BCUT2D eigenvalue weighted by atomic mass is 79.9. The molecule has 0 fully saturated rings. The maximum atomic E-state index is 12.1. The molecule has 6 heteroatoms. The van der Waals surface area contributed by atoms with Crippen molar-refractivity contribution < 1.29 is 9.53 Å². The van der Waals surface area contributed by atoms with E-state index in [0.29, 0.717) is 15.8 Å². The molecule has 1 aromatic heterocycles. The second-order valence-corrected chi connectivity index (χ2v) is 4.62. The van der Waals surface area contributed by atoms with E-state index < -0.39 is 0 Å². The Labute approximate surface area is 118 Å². The summed E-state index contributed by atoms with van der Waals surface area (Å²) in [5, 5.41) is 8.83. The smallest absolute Gasteiger partial charge is 0.213 e. The molecule has 0 atom stereocenters. The third kappa shape index (κ3) is 2.83. The molecule has 0 aliphatic heterocycles. The van der Waals surface area contributed by atoms with Gasteiger partial charge in [-0.05, 0) is 34.1 Å². The molecule has 0 aliphatic carbocycles. The van der Waals surface area contributed by atoms with Gasteiger partial charge in [-0.2, -0.15) is 5.26 Å². The summed E-state index contributed by atoms with van der Waals surface area (Å²) >= 11 is 3.33. The summed E-state index contributed by atoms with van der Waals surface area (Å²) in [6.45, 7) is 0.0850. The molecule has 0 aliphatic rings. The largest absolute Gasteiger partial charge is 0.496 e. The molecule has 0 N–H and O–H groups in total. The first-order chi connectivity index (χ1) is 9.15. The van der Waals surface area contributed by atoms with Crippen LogP contribution in [0.1, 0.15) is 16.2 Å². The number of ketones is 1. The van der Waals surface area contributed by atoms with Crippen molar-refractivity contribution in [2.45, 2.75) is 6.54 Å². The Balaban J connectivity index is 2.21. The van der Waals surface area contributed by atoms with E-state index in [1.807, 2.05) is 6.07 Å². The van der Waals surface area contributed by atoms with Gasteiger partial charge in [0.1, 0.15) is 11.8 Å². The summed E-state index contributed by atoms with van der Waals surface area (Å²) < 4.78 is 7.33. The molecule has 2 rings (SSSR count). The van der Waals surface area contributed by atoms with E-state index in [2.05, 4.69) is 20.9 Å². The number of halogens is 1. The number of imidazole rings is 1. The fraction of sp³-hybridized carbons (Fsp3) is 0.154. The van der Waals surface area contributed by atoms with Crippen LogP contribution in [0.15, 0.2) is 35.1 Å². The van der Waals surface area contributed by atoms with Crippen LogP contribution in [0.2, 0.25) is 0 Å². The second-order valence-electron chi connectivity index (χ2n) is 3.76. The van der Waals surface area contributed by atoms with Gasteiger partial charge in [-0.1, -0.05) is 0 Å². The van der Waals surface area contributed by atoms with Crippen LogP contribution in [0, 0.1) is 11.3 Å². The number of nitriles is 1. The number of Topliss-reactive ketones (excluding diaryl/α,β-unsaturated/α-hetero) is 1. The van der Waals surface area contributed by atoms with Crippen molar-refractivity contribution in [2.24, 2.45) is 0 Å². The fourth-order valence-corrected chi connectivity index (χ4v) is 2.18. The van der Waals surface area contributed by atoms with Gasteiger partial charge in [-0.3, -0.25) is 4.79 Å². The van der Waals surface area contributed by atoms with E-state index >= 15 is 0 Å².